The monoisotopic (exact) mass is 1450 g/mol. The minimum absolute atomic E-state index is 0.148. The molecule has 19 heteroatoms. The van der Waals surface area contributed by atoms with Gasteiger partial charge in [-0.15, -0.1) is 0 Å². The topological polar surface area (TPSA) is 237 Å². The number of allylic oxidation sites excluding steroid dienone is 14. The average Bonchev–Trinajstić information content (AvgIpc) is 1.00. The largest absolute Gasteiger partial charge is 0.472 e. The van der Waals surface area contributed by atoms with Gasteiger partial charge in [0.25, 0.3) is 0 Å². The lowest BCUT2D eigenvalue weighted by Crippen LogP contribution is -2.28. The van der Waals surface area contributed by atoms with Gasteiger partial charge in [-0.05, 0) is 161 Å². The van der Waals surface area contributed by atoms with Crippen LogP contribution in [0.3, 0.4) is 0 Å². The molecule has 0 aromatic rings. The fourth-order valence-corrected chi connectivity index (χ4v) is 12.3. The number of ether oxygens (including phenoxy) is 4. The summed E-state index contributed by atoms with van der Waals surface area (Å²) in [6, 6.07) is 0. The second kappa shape index (κ2) is 78.3. The fraction of sp³-hybridized carbons (Fsp3) is 0.778. The van der Waals surface area contributed by atoms with Gasteiger partial charge in [0.05, 0.1) is 33.0 Å². The summed E-state index contributed by atoms with van der Waals surface area (Å²) in [6.45, 7) is 1.11. The van der Waals surface area contributed by atoms with Crippen LogP contribution in [0.15, 0.2) is 85.1 Å². The summed E-state index contributed by atoms with van der Waals surface area (Å²) in [5, 5.41) is 10.7. The lowest BCUT2D eigenvalue weighted by atomic mass is 10.1. The van der Waals surface area contributed by atoms with Crippen molar-refractivity contribution < 1.29 is 80.2 Å². The maximum absolute atomic E-state index is 13.1. The summed E-state index contributed by atoms with van der Waals surface area (Å²) >= 11 is 0. The molecule has 0 saturated carbocycles. The molecule has 580 valence electrons. The van der Waals surface area contributed by atoms with E-state index < -0.39 is 59.7 Å². The molecule has 0 heterocycles. The van der Waals surface area contributed by atoms with E-state index in [1.807, 2.05) is 0 Å². The molecule has 5 atom stereocenters. The van der Waals surface area contributed by atoms with Crippen molar-refractivity contribution in [2.24, 2.45) is 0 Å². The molecule has 0 aromatic heterocycles. The molecular formula is C81H144O17P2. The summed E-state index contributed by atoms with van der Waals surface area (Å²) in [5.41, 5.74) is 0. The number of hydrogen-bond acceptors (Lipinski definition) is 15. The molecule has 0 aliphatic rings. The SMILES string of the molecule is CCCCC/C=C\C/C=C\C/C=C\C/C=C\CCCC(=O)OC[C@H](COP(=O)(O)OC[C@@H](O)COP(=O)(O)OC[C@@H](COCCCCCCC/C=C\CCCCCCC=O)OCCCCCCCCC/C=C\CCCCCCC=O)OCCCCCCCCC/C=C\CCCCCCC=O. The van der Waals surface area contributed by atoms with Crippen LogP contribution in [-0.4, -0.2) is 117 Å². The van der Waals surface area contributed by atoms with Crippen LogP contribution in [0.25, 0.3) is 0 Å². The number of aliphatic hydroxyl groups is 1. The first-order chi connectivity index (χ1) is 49.0. The number of esters is 1. The van der Waals surface area contributed by atoms with Crippen LogP contribution in [0.1, 0.15) is 328 Å². The Balaban J connectivity index is 5.19. The Morgan fingerprint density at radius 1 is 0.320 bits per heavy atom. The lowest BCUT2D eigenvalue weighted by molar-refractivity contribution is -0.149. The zero-order chi connectivity index (χ0) is 72.7. The number of hydrogen-bond donors (Lipinski definition) is 3. The lowest BCUT2D eigenvalue weighted by Gasteiger charge is -2.21. The van der Waals surface area contributed by atoms with Crippen molar-refractivity contribution in [2.45, 2.75) is 346 Å². The predicted octanol–water partition coefficient (Wildman–Crippen LogP) is 22.0. The second-order valence-electron chi connectivity index (χ2n) is 26.5. The Kier molecular flexibility index (Phi) is 75.7. The molecule has 0 amide bonds. The number of aldehydes is 3. The van der Waals surface area contributed by atoms with Crippen LogP contribution in [0.2, 0.25) is 0 Å². The number of aliphatic hydroxyl groups excluding tert-OH is 1. The summed E-state index contributed by atoms with van der Waals surface area (Å²) < 4.78 is 70.6. The van der Waals surface area contributed by atoms with Crippen LogP contribution in [0.4, 0.5) is 0 Å². The molecule has 0 spiro atoms. The third kappa shape index (κ3) is 77.3. The first-order valence-electron chi connectivity index (χ1n) is 39.7. The Labute approximate surface area is 608 Å². The van der Waals surface area contributed by atoms with E-state index in [2.05, 4.69) is 92.0 Å². The Morgan fingerprint density at radius 3 is 0.940 bits per heavy atom. The van der Waals surface area contributed by atoms with Gasteiger partial charge in [-0.25, -0.2) is 9.13 Å². The molecule has 3 N–H and O–H groups in total. The third-order valence-corrected chi connectivity index (χ3v) is 18.8. The first kappa shape index (κ1) is 96.7. The maximum Gasteiger partial charge on any atom is 0.472 e. The summed E-state index contributed by atoms with van der Waals surface area (Å²) in [4.78, 5) is 65.5. The molecule has 0 saturated heterocycles. The molecule has 0 bridgehead atoms. The van der Waals surface area contributed by atoms with E-state index in [0.717, 1.165) is 224 Å². The standard InChI is InChI=1S/C81H144O17P2/c1-2-3-4-5-6-7-8-9-10-11-16-23-30-37-44-51-58-65-81(86)94-75-80(93-71-64-57-50-43-36-29-21-15-13-18-25-32-39-46-53-60-67-83)77-98-100(89,90)96-73-78(85)72-95-99(87,88)97-76-79(74-91-69-62-55-48-41-34-27-22-19-26-33-40-47-54-61-68-84)92-70-63-56-49-42-35-28-20-14-12-17-24-31-38-45-52-59-66-82/h6-7,9-10,12-13,16-19,22-23,37,44,66-68,78-80,85H,2-5,8,11,14-15,20-21,24-36,38-43,45-65,69-77H2,1H3,(H,87,88)(H,89,90)/b7-6-,10-9-,17-12-,18-13-,22-19-,23-16-,44-37-/t78-,79+,80+/m0/s1. The van der Waals surface area contributed by atoms with E-state index in [9.17, 15) is 43.2 Å². The number of phosphoric ester groups is 2. The highest BCUT2D eigenvalue weighted by molar-refractivity contribution is 7.47. The van der Waals surface area contributed by atoms with Crippen molar-refractivity contribution in [2.75, 3.05) is 59.5 Å². The van der Waals surface area contributed by atoms with E-state index in [0.29, 0.717) is 51.9 Å². The van der Waals surface area contributed by atoms with E-state index >= 15 is 0 Å². The van der Waals surface area contributed by atoms with Crippen LogP contribution in [0, 0.1) is 0 Å². The number of carbonyl (C=O) groups is 4. The van der Waals surface area contributed by atoms with E-state index in [1.54, 1.807) is 0 Å². The van der Waals surface area contributed by atoms with Crippen molar-refractivity contribution >= 4 is 40.5 Å². The predicted molar refractivity (Wildman–Crippen MR) is 409 cm³/mol. The maximum atomic E-state index is 13.1. The zero-order valence-electron chi connectivity index (χ0n) is 62.7. The van der Waals surface area contributed by atoms with Crippen molar-refractivity contribution in [3.8, 4) is 0 Å². The normalized spacial score (nSPS) is 14.4. The molecule has 0 radical (unpaired) electrons. The molecule has 17 nitrogen and oxygen atoms in total. The van der Waals surface area contributed by atoms with Gasteiger partial charge in [-0.3, -0.25) is 22.9 Å². The minimum Gasteiger partial charge on any atom is -0.463 e. The van der Waals surface area contributed by atoms with Gasteiger partial charge < -0.3 is 48.2 Å². The van der Waals surface area contributed by atoms with Gasteiger partial charge >= 0.3 is 21.6 Å². The van der Waals surface area contributed by atoms with Gasteiger partial charge in [-0.1, -0.05) is 227 Å². The Morgan fingerprint density at radius 2 is 0.590 bits per heavy atom. The molecule has 100 heavy (non-hydrogen) atoms. The van der Waals surface area contributed by atoms with E-state index in [-0.39, 0.29) is 26.2 Å². The highest BCUT2D eigenvalue weighted by Crippen LogP contribution is 2.45. The van der Waals surface area contributed by atoms with Gasteiger partial charge in [-0.2, -0.15) is 0 Å². The van der Waals surface area contributed by atoms with Crippen molar-refractivity contribution in [1.82, 2.24) is 0 Å². The van der Waals surface area contributed by atoms with Gasteiger partial charge in [0.1, 0.15) is 43.8 Å². The van der Waals surface area contributed by atoms with Crippen molar-refractivity contribution in [3.63, 3.8) is 0 Å². The van der Waals surface area contributed by atoms with E-state index in [1.165, 1.54) is 77.0 Å². The summed E-state index contributed by atoms with van der Waals surface area (Å²) in [7, 11) is -9.55. The van der Waals surface area contributed by atoms with Gasteiger partial charge in [0.2, 0.25) is 0 Å². The molecule has 2 unspecified atom stereocenters. The van der Waals surface area contributed by atoms with Crippen LogP contribution in [0.5, 0.6) is 0 Å². The molecule has 0 rings (SSSR count). The fourth-order valence-electron chi connectivity index (χ4n) is 10.8. The minimum atomic E-state index is -4.81. The number of carbonyl (C=O) groups excluding carboxylic acids is 4. The number of rotatable bonds is 81. The second-order valence-corrected chi connectivity index (χ2v) is 29.4. The Bertz CT molecular complexity index is 2130. The van der Waals surface area contributed by atoms with Crippen LogP contribution < -0.4 is 0 Å². The highest BCUT2D eigenvalue weighted by atomic mass is 31.2. The molecular weight excluding hydrogens is 1310 g/mol. The van der Waals surface area contributed by atoms with E-state index in [4.69, 9.17) is 37.0 Å². The molecule has 0 fully saturated rings. The van der Waals surface area contributed by atoms with Crippen LogP contribution >= 0.6 is 15.6 Å². The third-order valence-electron chi connectivity index (χ3n) is 16.9. The summed E-state index contributed by atoms with van der Waals surface area (Å²) in [6.07, 6.45) is 81.8. The van der Waals surface area contributed by atoms with Crippen molar-refractivity contribution in [1.29, 1.82) is 0 Å². The van der Waals surface area contributed by atoms with Gasteiger partial charge in [0.15, 0.2) is 0 Å². The molecule has 0 aliphatic carbocycles. The summed E-state index contributed by atoms with van der Waals surface area (Å²) in [5.74, 6) is -0.427. The number of phosphoric acid groups is 2. The smallest absolute Gasteiger partial charge is 0.463 e. The van der Waals surface area contributed by atoms with Crippen molar-refractivity contribution in [3.05, 3.63) is 85.1 Å². The van der Waals surface area contributed by atoms with Crippen LogP contribution in [-0.2, 0) is 65.4 Å². The van der Waals surface area contributed by atoms with Gasteiger partial charge in [0, 0.05) is 45.5 Å². The zero-order valence-corrected chi connectivity index (χ0v) is 64.5. The highest BCUT2D eigenvalue weighted by Gasteiger charge is 2.29. The first-order valence-corrected chi connectivity index (χ1v) is 42.7. The quantitative estimate of drug-likeness (QED) is 0.0169. The Hall–Kier alpha value is -3.28. The average molecular weight is 1450 g/mol. The number of unbranched alkanes of at least 4 members (excludes halogenated alkanes) is 38. The molecule has 0 aromatic carbocycles. The molecule has 0 aliphatic heterocycles.